The zero-order chi connectivity index (χ0) is 14.6. The van der Waals surface area contributed by atoms with Crippen LogP contribution in [0.15, 0.2) is 24.3 Å². The van der Waals surface area contributed by atoms with Crippen molar-refractivity contribution in [3.05, 3.63) is 35.4 Å². The maximum atomic E-state index is 12.0. The molecule has 0 heterocycles. The lowest BCUT2D eigenvalue weighted by Crippen LogP contribution is -2.22. The average molecular weight is 287 g/mol. The van der Waals surface area contributed by atoms with E-state index in [4.69, 9.17) is 0 Å². The van der Waals surface area contributed by atoms with Gasteiger partial charge in [0.2, 0.25) is 0 Å². The van der Waals surface area contributed by atoms with E-state index in [0.29, 0.717) is 12.0 Å². The summed E-state index contributed by atoms with van der Waals surface area (Å²) in [6.45, 7) is 1.88. The molecule has 1 saturated carbocycles. The van der Waals surface area contributed by atoms with E-state index in [1.165, 1.54) is 18.4 Å². The number of ether oxygens (including phenoxy) is 1. The monoisotopic (exact) mass is 287 g/mol. The highest BCUT2D eigenvalue weighted by Gasteiger charge is 2.27. The molecule has 0 spiro atoms. The second-order valence-electron chi connectivity index (χ2n) is 5.43. The van der Waals surface area contributed by atoms with Crippen LogP contribution in [0.4, 0.5) is 13.2 Å². The van der Waals surface area contributed by atoms with Gasteiger partial charge in [-0.15, -0.1) is 0 Å². The van der Waals surface area contributed by atoms with Crippen molar-refractivity contribution < 1.29 is 17.9 Å². The molecule has 0 aliphatic heterocycles. The van der Waals surface area contributed by atoms with E-state index in [1.807, 2.05) is 24.3 Å². The smallest absolute Gasteiger partial charge is 0.367 e. The van der Waals surface area contributed by atoms with Gasteiger partial charge in [-0.1, -0.05) is 31.2 Å². The van der Waals surface area contributed by atoms with E-state index in [9.17, 15) is 13.2 Å². The third kappa shape index (κ3) is 5.51. The Morgan fingerprint density at radius 2 is 1.90 bits per heavy atom. The molecule has 1 aromatic rings. The van der Waals surface area contributed by atoms with Gasteiger partial charge < -0.3 is 10.1 Å². The minimum absolute atomic E-state index is 0.00546. The van der Waals surface area contributed by atoms with Crippen molar-refractivity contribution in [3.8, 4) is 0 Å². The third-order valence-corrected chi connectivity index (χ3v) is 3.37. The zero-order valence-electron chi connectivity index (χ0n) is 11.5. The van der Waals surface area contributed by atoms with Crippen LogP contribution >= 0.6 is 0 Å². The predicted molar refractivity (Wildman–Crippen MR) is 71.6 cm³/mol. The fraction of sp³-hybridized carbons (Fsp3) is 0.600. The van der Waals surface area contributed by atoms with Gasteiger partial charge in [-0.3, -0.25) is 0 Å². The Hall–Kier alpha value is -1.07. The minimum atomic E-state index is -4.26. The predicted octanol–water partition coefficient (Wildman–Crippen LogP) is 3.62. The summed E-state index contributed by atoms with van der Waals surface area (Å²) in [7, 11) is 0. The standard InChI is InChI=1S/C15H20F3NO/c1-11(8-19-14-6-7-14)13-4-2-12(3-5-13)9-20-10-15(16,17)18/h2-5,11,14,19H,6-10H2,1H3. The number of rotatable bonds is 7. The van der Waals surface area contributed by atoms with Gasteiger partial charge in [0.1, 0.15) is 6.61 Å². The fourth-order valence-electron chi connectivity index (χ4n) is 1.98. The Labute approximate surface area is 117 Å². The van der Waals surface area contributed by atoms with Crippen LogP contribution in [0.3, 0.4) is 0 Å². The van der Waals surface area contributed by atoms with E-state index in [-0.39, 0.29) is 6.61 Å². The van der Waals surface area contributed by atoms with Crippen LogP contribution < -0.4 is 5.32 Å². The van der Waals surface area contributed by atoms with Crippen LogP contribution in [0, 0.1) is 0 Å². The second-order valence-corrected chi connectivity index (χ2v) is 5.43. The molecule has 1 aromatic carbocycles. The quantitative estimate of drug-likeness (QED) is 0.827. The van der Waals surface area contributed by atoms with E-state index in [1.54, 1.807) is 0 Å². The summed E-state index contributed by atoms with van der Waals surface area (Å²) < 4.78 is 40.5. The molecule has 20 heavy (non-hydrogen) atoms. The van der Waals surface area contributed by atoms with Gasteiger partial charge in [-0.05, 0) is 29.9 Å². The normalized spacial score (nSPS) is 17.2. The van der Waals surface area contributed by atoms with E-state index in [2.05, 4.69) is 17.0 Å². The van der Waals surface area contributed by atoms with Gasteiger partial charge in [0.15, 0.2) is 0 Å². The molecule has 1 unspecified atom stereocenters. The van der Waals surface area contributed by atoms with Crippen molar-refractivity contribution in [2.75, 3.05) is 13.2 Å². The first-order valence-corrected chi connectivity index (χ1v) is 6.91. The van der Waals surface area contributed by atoms with Crippen molar-refractivity contribution in [3.63, 3.8) is 0 Å². The summed E-state index contributed by atoms with van der Waals surface area (Å²) in [6.07, 6.45) is -1.73. The van der Waals surface area contributed by atoms with Crippen LogP contribution in [0.2, 0.25) is 0 Å². The summed E-state index contributed by atoms with van der Waals surface area (Å²) >= 11 is 0. The van der Waals surface area contributed by atoms with Crippen molar-refractivity contribution in [2.24, 2.45) is 0 Å². The topological polar surface area (TPSA) is 21.3 Å². The Bertz CT molecular complexity index is 412. The first kappa shape index (κ1) is 15.3. The molecule has 1 aliphatic carbocycles. The van der Waals surface area contributed by atoms with Crippen molar-refractivity contribution >= 4 is 0 Å². The Balaban J connectivity index is 1.76. The van der Waals surface area contributed by atoms with Gasteiger partial charge in [0.05, 0.1) is 6.61 Å². The molecule has 1 fully saturated rings. The first-order chi connectivity index (χ1) is 9.44. The number of hydrogen-bond acceptors (Lipinski definition) is 2. The number of nitrogens with one attached hydrogen (secondary N) is 1. The molecular formula is C15H20F3NO. The highest BCUT2D eigenvalue weighted by atomic mass is 19.4. The number of alkyl halides is 3. The molecule has 0 amide bonds. The van der Waals surface area contributed by atoms with E-state index in [0.717, 1.165) is 12.1 Å². The van der Waals surface area contributed by atoms with E-state index < -0.39 is 12.8 Å². The maximum absolute atomic E-state index is 12.0. The molecule has 2 nitrogen and oxygen atoms in total. The van der Waals surface area contributed by atoms with Crippen LogP contribution in [0.1, 0.15) is 36.8 Å². The number of halogens is 3. The Kier molecular flexibility index (Phi) is 5.05. The highest BCUT2D eigenvalue weighted by Crippen LogP contribution is 2.21. The molecule has 2 rings (SSSR count). The van der Waals surface area contributed by atoms with Crippen LogP contribution in [0.25, 0.3) is 0 Å². The second kappa shape index (κ2) is 6.59. The fourth-order valence-corrected chi connectivity index (χ4v) is 1.98. The molecule has 1 atom stereocenters. The lowest BCUT2D eigenvalue weighted by atomic mass is 10.00. The summed E-state index contributed by atoms with van der Waals surface area (Å²) in [6, 6.07) is 8.28. The molecule has 1 N–H and O–H groups in total. The van der Waals surface area contributed by atoms with E-state index >= 15 is 0 Å². The molecule has 1 aliphatic rings. The first-order valence-electron chi connectivity index (χ1n) is 6.91. The van der Waals surface area contributed by atoms with Gasteiger partial charge in [0, 0.05) is 12.6 Å². The highest BCUT2D eigenvalue weighted by molar-refractivity contribution is 5.25. The van der Waals surface area contributed by atoms with Gasteiger partial charge in [-0.2, -0.15) is 13.2 Å². The zero-order valence-corrected chi connectivity index (χ0v) is 11.5. The Morgan fingerprint density at radius 3 is 2.45 bits per heavy atom. The lowest BCUT2D eigenvalue weighted by Gasteiger charge is -2.13. The van der Waals surface area contributed by atoms with Crippen LogP contribution in [-0.4, -0.2) is 25.4 Å². The summed E-state index contributed by atoms with van der Waals surface area (Å²) in [5, 5.41) is 3.47. The largest absolute Gasteiger partial charge is 0.411 e. The summed E-state index contributed by atoms with van der Waals surface area (Å²) in [4.78, 5) is 0. The lowest BCUT2D eigenvalue weighted by molar-refractivity contribution is -0.176. The van der Waals surface area contributed by atoms with Crippen molar-refractivity contribution in [1.29, 1.82) is 0 Å². The van der Waals surface area contributed by atoms with Crippen LogP contribution in [-0.2, 0) is 11.3 Å². The molecule has 5 heteroatoms. The Morgan fingerprint density at radius 1 is 1.25 bits per heavy atom. The van der Waals surface area contributed by atoms with Crippen LogP contribution in [0.5, 0.6) is 0 Å². The van der Waals surface area contributed by atoms with Crippen molar-refractivity contribution in [2.45, 2.75) is 44.5 Å². The van der Waals surface area contributed by atoms with Gasteiger partial charge in [-0.25, -0.2) is 0 Å². The minimum Gasteiger partial charge on any atom is -0.367 e. The molecule has 0 bridgehead atoms. The average Bonchev–Trinajstić information content (AvgIpc) is 3.19. The number of hydrogen-bond donors (Lipinski definition) is 1. The van der Waals surface area contributed by atoms with Gasteiger partial charge in [0.25, 0.3) is 0 Å². The van der Waals surface area contributed by atoms with Gasteiger partial charge >= 0.3 is 6.18 Å². The summed E-state index contributed by atoms with van der Waals surface area (Å²) in [5.74, 6) is 0.403. The molecule has 0 saturated heterocycles. The third-order valence-electron chi connectivity index (χ3n) is 3.37. The molecule has 0 aromatic heterocycles. The number of benzene rings is 1. The maximum Gasteiger partial charge on any atom is 0.411 e. The van der Waals surface area contributed by atoms with Crippen molar-refractivity contribution in [1.82, 2.24) is 5.32 Å². The molecule has 0 radical (unpaired) electrons. The SMILES string of the molecule is CC(CNC1CC1)c1ccc(COCC(F)(F)F)cc1. The summed E-state index contributed by atoms with van der Waals surface area (Å²) in [5.41, 5.74) is 1.96. The molecular weight excluding hydrogens is 267 g/mol. The molecule has 112 valence electrons.